The van der Waals surface area contributed by atoms with Gasteiger partial charge in [0.1, 0.15) is 0 Å². The van der Waals surface area contributed by atoms with Crippen LogP contribution in [-0.2, 0) is 10.3 Å². The van der Waals surface area contributed by atoms with E-state index in [2.05, 4.69) is 49.6 Å². The number of amides is 1. The second-order valence-electron chi connectivity index (χ2n) is 7.36. The number of rotatable bonds is 4. The van der Waals surface area contributed by atoms with Gasteiger partial charge in [0.25, 0.3) is 0 Å². The first-order valence-corrected chi connectivity index (χ1v) is 8.29. The Balaban J connectivity index is 2.22. The molecule has 0 aliphatic heterocycles. The van der Waals surface area contributed by atoms with Gasteiger partial charge in [0.15, 0.2) is 0 Å². The third kappa shape index (κ3) is 4.16. The molecule has 1 atom stereocenters. The van der Waals surface area contributed by atoms with Gasteiger partial charge in [-0.2, -0.15) is 5.10 Å². The van der Waals surface area contributed by atoms with Crippen LogP contribution in [0.4, 0.5) is 11.4 Å². The number of carbonyl (C=O) groups excluding carboxylic acids is 1. The van der Waals surface area contributed by atoms with Gasteiger partial charge in [0.05, 0.1) is 17.3 Å². The molecule has 1 aromatic carbocycles. The van der Waals surface area contributed by atoms with Gasteiger partial charge in [0, 0.05) is 30.1 Å². The number of aryl methyl sites for hydroxylation is 2. The molecule has 0 aliphatic rings. The molecule has 0 radical (unpaired) electrons. The van der Waals surface area contributed by atoms with Crippen molar-refractivity contribution in [1.82, 2.24) is 9.78 Å². The zero-order valence-electron chi connectivity index (χ0n) is 15.7. The fourth-order valence-corrected chi connectivity index (χ4v) is 2.61. The van der Waals surface area contributed by atoms with Crippen molar-refractivity contribution in [2.24, 2.45) is 0 Å². The Morgan fingerprint density at radius 2 is 1.92 bits per heavy atom. The van der Waals surface area contributed by atoms with Crippen molar-refractivity contribution in [3.8, 4) is 0 Å². The topological polar surface area (TPSA) is 59.0 Å². The summed E-state index contributed by atoms with van der Waals surface area (Å²) in [5.41, 5.74) is 5.01. The van der Waals surface area contributed by atoms with Crippen molar-refractivity contribution in [2.45, 2.75) is 60.0 Å². The molecule has 2 aromatic rings. The Morgan fingerprint density at radius 1 is 1.25 bits per heavy atom. The standard InChI is InChI=1S/C19H28N4O/c1-12-8-9-16(10-18(12)21-15(4)24)20-13(2)17-11-23(19(5,6)7)22-14(17)3/h8-11,13,20H,1-7H3,(H,21,24)/t13-/m1/s1. The van der Waals surface area contributed by atoms with Crippen LogP contribution in [0.5, 0.6) is 0 Å². The van der Waals surface area contributed by atoms with E-state index in [1.807, 2.05) is 36.7 Å². The molecule has 0 saturated carbocycles. The Labute approximate surface area is 144 Å². The quantitative estimate of drug-likeness (QED) is 0.875. The minimum Gasteiger partial charge on any atom is -0.378 e. The summed E-state index contributed by atoms with van der Waals surface area (Å²) < 4.78 is 2.01. The molecule has 5 nitrogen and oxygen atoms in total. The van der Waals surface area contributed by atoms with Crippen LogP contribution in [0, 0.1) is 13.8 Å². The fraction of sp³-hybridized carbons (Fsp3) is 0.474. The molecule has 0 fully saturated rings. The second kappa shape index (κ2) is 6.67. The molecular formula is C19H28N4O. The molecule has 0 unspecified atom stereocenters. The summed E-state index contributed by atoms with van der Waals surface area (Å²) >= 11 is 0. The maximum Gasteiger partial charge on any atom is 0.221 e. The highest BCUT2D eigenvalue weighted by Crippen LogP contribution is 2.27. The van der Waals surface area contributed by atoms with Crippen LogP contribution < -0.4 is 10.6 Å². The summed E-state index contributed by atoms with van der Waals surface area (Å²) in [7, 11) is 0. The van der Waals surface area contributed by atoms with Crippen LogP contribution in [0.15, 0.2) is 24.4 Å². The molecule has 1 amide bonds. The van der Waals surface area contributed by atoms with Gasteiger partial charge in [-0.3, -0.25) is 9.48 Å². The number of carbonyl (C=O) groups is 1. The van der Waals surface area contributed by atoms with E-state index in [4.69, 9.17) is 0 Å². The zero-order chi connectivity index (χ0) is 18.1. The van der Waals surface area contributed by atoms with E-state index >= 15 is 0 Å². The summed E-state index contributed by atoms with van der Waals surface area (Å²) in [5.74, 6) is -0.0643. The predicted octanol–water partition coefficient (Wildman–Crippen LogP) is 4.39. The number of nitrogens with zero attached hydrogens (tertiary/aromatic N) is 2. The number of nitrogens with one attached hydrogen (secondary N) is 2. The van der Waals surface area contributed by atoms with Gasteiger partial charge >= 0.3 is 0 Å². The Morgan fingerprint density at radius 3 is 2.46 bits per heavy atom. The van der Waals surface area contributed by atoms with Crippen LogP contribution in [0.3, 0.4) is 0 Å². The number of hydrogen-bond donors (Lipinski definition) is 2. The van der Waals surface area contributed by atoms with Gasteiger partial charge in [-0.05, 0) is 59.2 Å². The van der Waals surface area contributed by atoms with E-state index in [1.54, 1.807) is 0 Å². The third-order valence-corrected chi connectivity index (χ3v) is 4.02. The van der Waals surface area contributed by atoms with Crippen LogP contribution in [0.2, 0.25) is 0 Å². The molecule has 0 aliphatic carbocycles. The summed E-state index contributed by atoms with van der Waals surface area (Å²) in [6.45, 7) is 14.1. The van der Waals surface area contributed by atoms with E-state index in [1.165, 1.54) is 12.5 Å². The molecule has 5 heteroatoms. The molecule has 0 spiro atoms. The lowest BCUT2D eigenvalue weighted by molar-refractivity contribution is -0.114. The summed E-state index contributed by atoms with van der Waals surface area (Å²) in [5, 5.41) is 11.0. The van der Waals surface area contributed by atoms with Crippen LogP contribution in [-0.4, -0.2) is 15.7 Å². The lowest BCUT2D eigenvalue weighted by atomic mass is 10.1. The highest BCUT2D eigenvalue weighted by molar-refractivity contribution is 5.90. The minimum absolute atomic E-state index is 0.0365. The molecule has 1 aromatic heterocycles. The molecule has 2 N–H and O–H groups in total. The van der Waals surface area contributed by atoms with E-state index in [9.17, 15) is 4.79 Å². The summed E-state index contributed by atoms with van der Waals surface area (Å²) in [6, 6.07) is 6.12. The maximum absolute atomic E-state index is 11.3. The Bertz CT molecular complexity index is 740. The molecule has 0 saturated heterocycles. The van der Waals surface area contributed by atoms with E-state index in [-0.39, 0.29) is 17.5 Å². The average molecular weight is 328 g/mol. The molecule has 130 valence electrons. The lowest BCUT2D eigenvalue weighted by Gasteiger charge is -2.19. The molecule has 0 bridgehead atoms. The number of aromatic nitrogens is 2. The van der Waals surface area contributed by atoms with Gasteiger partial charge in [-0.15, -0.1) is 0 Å². The van der Waals surface area contributed by atoms with Crippen molar-refractivity contribution in [1.29, 1.82) is 0 Å². The van der Waals surface area contributed by atoms with Crippen LogP contribution in [0.1, 0.15) is 57.5 Å². The minimum atomic E-state index is -0.0643. The Hall–Kier alpha value is -2.30. The van der Waals surface area contributed by atoms with Crippen LogP contribution >= 0.6 is 0 Å². The van der Waals surface area contributed by atoms with Gasteiger partial charge in [-0.25, -0.2) is 0 Å². The maximum atomic E-state index is 11.3. The SMILES string of the molecule is CC(=O)Nc1cc(N[C@H](C)c2cn(C(C)(C)C)nc2C)ccc1C. The predicted molar refractivity (Wildman–Crippen MR) is 99.5 cm³/mol. The molecule has 1 heterocycles. The molecule has 2 rings (SSSR count). The molecular weight excluding hydrogens is 300 g/mol. The first-order chi connectivity index (χ1) is 11.1. The van der Waals surface area contributed by atoms with Crippen molar-refractivity contribution in [3.63, 3.8) is 0 Å². The summed E-state index contributed by atoms with van der Waals surface area (Å²) in [6.07, 6.45) is 2.11. The number of hydrogen-bond acceptors (Lipinski definition) is 3. The van der Waals surface area contributed by atoms with Gasteiger partial charge in [0.2, 0.25) is 5.91 Å². The summed E-state index contributed by atoms with van der Waals surface area (Å²) in [4.78, 5) is 11.3. The van der Waals surface area contributed by atoms with E-state index in [0.29, 0.717) is 0 Å². The zero-order valence-corrected chi connectivity index (χ0v) is 15.7. The van der Waals surface area contributed by atoms with Crippen molar-refractivity contribution < 1.29 is 4.79 Å². The van der Waals surface area contributed by atoms with E-state index < -0.39 is 0 Å². The van der Waals surface area contributed by atoms with E-state index in [0.717, 1.165) is 22.6 Å². The monoisotopic (exact) mass is 328 g/mol. The van der Waals surface area contributed by atoms with Crippen molar-refractivity contribution in [2.75, 3.05) is 10.6 Å². The fourth-order valence-electron chi connectivity index (χ4n) is 2.61. The average Bonchev–Trinajstić information content (AvgIpc) is 2.84. The van der Waals surface area contributed by atoms with Gasteiger partial charge in [-0.1, -0.05) is 6.07 Å². The van der Waals surface area contributed by atoms with Crippen LogP contribution in [0.25, 0.3) is 0 Å². The highest BCUT2D eigenvalue weighted by atomic mass is 16.1. The van der Waals surface area contributed by atoms with Gasteiger partial charge < -0.3 is 10.6 Å². The smallest absolute Gasteiger partial charge is 0.221 e. The normalized spacial score (nSPS) is 12.8. The highest BCUT2D eigenvalue weighted by Gasteiger charge is 2.19. The largest absolute Gasteiger partial charge is 0.378 e. The third-order valence-electron chi connectivity index (χ3n) is 4.02. The number of benzene rings is 1. The number of anilines is 2. The lowest BCUT2D eigenvalue weighted by Crippen LogP contribution is -2.22. The Kier molecular flexibility index (Phi) is 5.02. The molecule has 24 heavy (non-hydrogen) atoms. The first-order valence-electron chi connectivity index (χ1n) is 8.29. The second-order valence-corrected chi connectivity index (χ2v) is 7.36. The first kappa shape index (κ1) is 18.0. The van der Waals surface area contributed by atoms with Crippen molar-refractivity contribution in [3.05, 3.63) is 41.2 Å². The van der Waals surface area contributed by atoms with Crippen molar-refractivity contribution >= 4 is 17.3 Å².